The van der Waals surface area contributed by atoms with Gasteiger partial charge in [-0.25, -0.2) is 0 Å². The second-order valence-electron chi connectivity index (χ2n) is 7.80. The lowest BCUT2D eigenvalue weighted by molar-refractivity contribution is 0.0645. The fraction of sp³-hybridized carbons (Fsp3) is 0.545. The first-order valence-corrected chi connectivity index (χ1v) is 9.95. The van der Waals surface area contributed by atoms with Crippen molar-refractivity contribution in [2.75, 3.05) is 6.54 Å². The van der Waals surface area contributed by atoms with Gasteiger partial charge in [-0.15, -0.1) is 0 Å². The van der Waals surface area contributed by atoms with E-state index in [1.165, 1.54) is 11.1 Å². The second-order valence-corrected chi connectivity index (χ2v) is 7.80. The Morgan fingerprint density at radius 1 is 1.23 bits per heavy atom. The van der Waals surface area contributed by atoms with Crippen LogP contribution >= 0.6 is 0 Å². The summed E-state index contributed by atoms with van der Waals surface area (Å²) in [4.78, 5) is 19.8. The molecule has 1 aromatic carbocycles. The Hall–Kier alpha value is -2.10. The van der Waals surface area contributed by atoms with Gasteiger partial charge in [-0.05, 0) is 80.9 Å². The van der Waals surface area contributed by atoms with Crippen molar-refractivity contribution in [3.63, 3.8) is 0 Å². The minimum Gasteiger partial charge on any atom is -0.491 e. The van der Waals surface area contributed by atoms with Crippen LogP contribution in [0.5, 0.6) is 5.75 Å². The lowest BCUT2D eigenvalue weighted by Gasteiger charge is -2.35. The summed E-state index contributed by atoms with van der Waals surface area (Å²) >= 11 is 0. The van der Waals surface area contributed by atoms with Crippen LogP contribution in [0, 0.1) is 0 Å². The number of rotatable bonds is 6. The molecular formula is C22H28N2O2. The molecule has 2 aliphatic carbocycles. The van der Waals surface area contributed by atoms with Gasteiger partial charge in [0.15, 0.2) is 0 Å². The van der Waals surface area contributed by atoms with E-state index in [4.69, 9.17) is 4.74 Å². The van der Waals surface area contributed by atoms with Gasteiger partial charge < -0.3 is 9.64 Å². The van der Waals surface area contributed by atoms with Crippen LogP contribution in [-0.2, 0) is 0 Å². The van der Waals surface area contributed by atoms with Crippen molar-refractivity contribution in [3.05, 3.63) is 41.0 Å². The van der Waals surface area contributed by atoms with E-state index < -0.39 is 0 Å². The van der Waals surface area contributed by atoms with E-state index in [9.17, 15) is 4.79 Å². The summed E-state index contributed by atoms with van der Waals surface area (Å²) in [6.07, 6.45) is 8.58. The first-order valence-electron chi connectivity index (χ1n) is 9.95. The Labute approximate surface area is 155 Å². The van der Waals surface area contributed by atoms with Crippen molar-refractivity contribution in [1.82, 2.24) is 4.90 Å². The number of amides is 1. The number of nitrogens with zero attached hydrogens (tertiary/aromatic N) is 2. The Kier molecular flexibility index (Phi) is 4.84. The largest absolute Gasteiger partial charge is 0.491 e. The molecule has 0 spiro atoms. The van der Waals surface area contributed by atoms with E-state index in [1.54, 1.807) is 0 Å². The lowest BCUT2D eigenvalue weighted by atomic mass is 9.88. The monoisotopic (exact) mass is 352 g/mol. The van der Waals surface area contributed by atoms with Gasteiger partial charge in [-0.2, -0.15) is 0 Å². The van der Waals surface area contributed by atoms with Crippen LogP contribution < -0.4 is 4.74 Å². The highest BCUT2D eigenvalue weighted by Crippen LogP contribution is 2.37. The Bertz CT molecular complexity index is 731. The molecule has 4 rings (SSSR count). The molecule has 1 unspecified atom stereocenters. The van der Waals surface area contributed by atoms with Crippen LogP contribution in [0.4, 0.5) is 0 Å². The number of carbonyl (C=O) groups is 1. The zero-order chi connectivity index (χ0) is 18.1. The van der Waals surface area contributed by atoms with Gasteiger partial charge in [0.2, 0.25) is 0 Å². The van der Waals surface area contributed by atoms with Crippen molar-refractivity contribution >= 4 is 12.1 Å². The van der Waals surface area contributed by atoms with E-state index >= 15 is 0 Å². The molecule has 0 bridgehead atoms. The Morgan fingerprint density at radius 3 is 2.69 bits per heavy atom. The van der Waals surface area contributed by atoms with Crippen molar-refractivity contribution in [3.8, 4) is 5.75 Å². The highest BCUT2D eigenvalue weighted by molar-refractivity contribution is 5.95. The standard InChI is InChI=1S/C22H28N2O2/c1-3-15(2)26-21-10-5-16(6-11-21)22(25)24(19-8-9-19)20-7-4-17-13-23-14-18(17)12-20/h5-6,10-11,14-15,19-20H,3-4,7-9,12-13H2,1-2H3/t15-,20?/m0/s1. The molecule has 4 nitrogen and oxygen atoms in total. The van der Waals surface area contributed by atoms with Gasteiger partial charge in [0.1, 0.15) is 5.75 Å². The Morgan fingerprint density at radius 2 is 2.00 bits per heavy atom. The van der Waals surface area contributed by atoms with Crippen molar-refractivity contribution in [2.45, 2.75) is 70.6 Å². The fourth-order valence-corrected chi connectivity index (χ4v) is 3.95. The molecule has 1 aromatic rings. The average molecular weight is 352 g/mol. The fourth-order valence-electron chi connectivity index (χ4n) is 3.95. The maximum atomic E-state index is 13.2. The number of carbonyl (C=O) groups excluding carboxylic acids is 1. The number of benzene rings is 1. The molecule has 0 saturated heterocycles. The highest BCUT2D eigenvalue weighted by atomic mass is 16.5. The van der Waals surface area contributed by atoms with Gasteiger partial charge >= 0.3 is 0 Å². The average Bonchev–Trinajstić information content (AvgIpc) is 3.38. The van der Waals surface area contributed by atoms with E-state index in [1.807, 2.05) is 30.5 Å². The summed E-state index contributed by atoms with van der Waals surface area (Å²) < 4.78 is 5.84. The molecule has 2 atom stereocenters. The second kappa shape index (κ2) is 7.26. The summed E-state index contributed by atoms with van der Waals surface area (Å²) in [6, 6.07) is 8.42. The summed E-state index contributed by atoms with van der Waals surface area (Å²) in [6.45, 7) is 5.04. The van der Waals surface area contributed by atoms with Crippen molar-refractivity contribution in [2.24, 2.45) is 4.99 Å². The zero-order valence-corrected chi connectivity index (χ0v) is 15.8. The van der Waals surface area contributed by atoms with Gasteiger partial charge in [0.05, 0.1) is 12.6 Å². The number of aliphatic imine (C=N–C) groups is 1. The smallest absolute Gasteiger partial charge is 0.254 e. The van der Waals surface area contributed by atoms with Crippen LogP contribution in [0.1, 0.15) is 62.7 Å². The highest BCUT2D eigenvalue weighted by Gasteiger charge is 2.39. The van der Waals surface area contributed by atoms with Crippen LogP contribution in [0.3, 0.4) is 0 Å². The zero-order valence-electron chi connectivity index (χ0n) is 15.8. The molecular weight excluding hydrogens is 324 g/mol. The van der Waals surface area contributed by atoms with Crippen molar-refractivity contribution < 1.29 is 9.53 Å². The molecule has 3 aliphatic rings. The molecule has 138 valence electrons. The summed E-state index contributed by atoms with van der Waals surface area (Å²) in [5.74, 6) is 1.01. The van der Waals surface area contributed by atoms with E-state index in [0.717, 1.165) is 56.4 Å². The molecule has 1 aliphatic heterocycles. The molecule has 1 heterocycles. The molecule has 0 radical (unpaired) electrons. The molecule has 4 heteroatoms. The molecule has 0 N–H and O–H groups in total. The molecule has 26 heavy (non-hydrogen) atoms. The number of ether oxygens (including phenoxy) is 1. The third-order valence-corrected chi connectivity index (χ3v) is 5.80. The Balaban J connectivity index is 1.48. The predicted octanol–water partition coefficient (Wildman–Crippen LogP) is 4.40. The molecule has 1 fully saturated rings. The molecule has 1 amide bonds. The van der Waals surface area contributed by atoms with Gasteiger partial charge in [0.25, 0.3) is 5.91 Å². The van der Waals surface area contributed by atoms with Crippen LogP contribution in [0.25, 0.3) is 0 Å². The maximum absolute atomic E-state index is 13.2. The first-order chi connectivity index (χ1) is 12.7. The van der Waals surface area contributed by atoms with Crippen LogP contribution in [0.2, 0.25) is 0 Å². The number of hydrogen-bond acceptors (Lipinski definition) is 3. The van der Waals surface area contributed by atoms with E-state index in [2.05, 4.69) is 23.7 Å². The first kappa shape index (κ1) is 17.3. The summed E-state index contributed by atoms with van der Waals surface area (Å²) in [7, 11) is 0. The van der Waals surface area contributed by atoms with Crippen LogP contribution in [-0.4, -0.2) is 41.8 Å². The maximum Gasteiger partial charge on any atom is 0.254 e. The number of hydrogen-bond donors (Lipinski definition) is 0. The van der Waals surface area contributed by atoms with E-state index in [0.29, 0.717) is 12.1 Å². The topological polar surface area (TPSA) is 41.9 Å². The third-order valence-electron chi connectivity index (χ3n) is 5.80. The molecule has 0 aromatic heterocycles. The quantitative estimate of drug-likeness (QED) is 0.761. The van der Waals surface area contributed by atoms with Gasteiger partial charge in [0, 0.05) is 23.9 Å². The summed E-state index contributed by atoms with van der Waals surface area (Å²) in [5, 5.41) is 0. The normalized spacial score (nSPS) is 22.9. The van der Waals surface area contributed by atoms with Crippen molar-refractivity contribution in [1.29, 1.82) is 0 Å². The van der Waals surface area contributed by atoms with Crippen LogP contribution in [0.15, 0.2) is 40.4 Å². The predicted molar refractivity (Wildman–Crippen MR) is 104 cm³/mol. The van der Waals surface area contributed by atoms with Gasteiger partial charge in [-0.1, -0.05) is 6.92 Å². The summed E-state index contributed by atoms with van der Waals surface area (Å²) in [5.41, 5.74) is 3.63. The minimum atomic E-state index is 0.173. The lowest BCUT2D eigenvalue weighted by Crippen LogP contribution is -2.43. The SMILES string of the molecule is CC[C@H](C)Oc1ccc(C(=O)N(C2CC2)C2CCC3=C(C=NC3)C2)cc1. The third kappa shape index (κ3) is 3.55. The van der Waals surface area contributed by atoms with E-state index in [-0.39, 0.29) is 12.0 Å². The minimum absolute atomic E-state index is 0.173. The van der Waals surface area contributed by atoms with Gasteiger partial charge in [-0.3, -0.25) is 9.79 Å². The molecule has 1 saturated carbocycles.